The minimum Gasteiger partial charge on any atom is -0.490 e. The summed E-state index contributed by atoms with van der Waals surface area (Å²) < 4.78 is 10.6. The highest BCUT2D eigenvalue weighted by atomic mass is 16.6. The van der Waals surface area contributed by atoms with Crippen LogP contribution in [0.2, 0.25) is 0 Å². The van der Waals surface area contributed by atoms with Crippen LogP contribution < -0.4 is 14.8 Å². The molecule has 2 aromatic rings. The van der Waals surface area contributed by atoms with Gasteiger partial charge in [0.15, 0.2) is 12.4 Å². The van der Waals surface area contributed by atoms with Crippen LogP contribution in [0.4, 0.5) is 11.4 Å². The van der Waals surface area contributed by atoms with Gasteiger partial charge in [-0.3, -0.25) is 14.9 Å². The second-order valence-corrected chi connectivity index (χ2v) is 4.69. The van der Waals surface area contributed by atoms with E-state index in [1.54, 1.807) is 36.4 Å². The molecular weight excluding hydrogens is 312 g/mol. The van der Waals surface area contributed by atoms with Gasteiger partial charge in [0.2, 0.25) is 0 Å². The van der Waals surface area contributed by atoms with Crippen molar-refractivity contribution in [2.75, 3.05) is 18.5 Å². The van der Waals surface area contributed by atoms with Crippen molar-refractivity contribution in [3.05, 3.63) is 71.3 Å². The number of hydrogen-bond acceptors (Lipinski definition) is 5. The molecule has 7 nitrogen and oxygen atoms in total. The SMILES string of the molecule is C=CCOc1ccc(NC(=O)COc2ccccc2[N+](=O)[O-])cc1. The molecule has 2 rings (SSSR count). The summed E-state index contributed by atoms with van der Waals surface area (Å²) in [5.74, 6) is 0.280. The molecule has 0 bridgehead atoms. The maximum Gasteiger partial charge on any atom is 0.310 e. The van der Waals surface area contributed by atoms with Gasteiger partial charge in [-0.05, 0) is 30.3 Å². The molecule has 7 heteroatoms. The lowest BCUT2D eigenvalue weighted by atomic mass is 10.3. The number of hydrogen-bond donors (Lipinski definition) is 1. The number of nitrogens with zero attached hydrogens (tertiary/aromatic N) is 1. The molecule has 0 aromatic heterocycles. The molecule has 0 saturated heterocycles. The maximum absolute atomic E-state index is 11.9. The molecule has 124 valence electrons. The molecule has 1 N–H and O–H groups in total. The van der Waals surface area contributed by atoms with Gasteiger partial charge in [-0.15, -0.1) is 0 Å². The molecule has 0 atom stereocenters. The topological polar surface area (TPSA) is 90.7 Å². The van der Waals surface area contributed by atoms with Gasteiger partial charge in [-0.2, -0.15) is 0 Å². The van der Waals surface area contributed by atoms with Crippen molar-refractivity contribution in [1.29, 1.82) is 0 Å². The Hall–Kier alpha value is -3.35. The van der Waals surface area contributed by atoms with Crippen molar-refractivity contribution in [3.8, 4) is 11.5 Å². The summed E-state index contributed by atoms with van der Waals surface area (Å²) >= 11 is 0. The van der Waals surface area contributed by atoms with Crippen LogP contribution >= 0.6 is 0 Å². The summed E-state index contributed by atoms with van der Waals surface area (Å²) in [5.41, 5.74) is 0.381. The average molecular weight is 328 g/mol. The van der Waals surface area contributed by atoms with Gasteiger partial charge in [0, 0.05) is 11.8 Å². The van der Waals surface area contributed by atoms with E-state index >= 15 is 0 Å². The monoisotopic (exact) mass is 328 g/mol. The minimum atomic E-state index is -0.560. The van der Waals surface area contributed by atoms with Crippen LogP contribution in [0.1, 0.15) is 0 Å². The summed E-state index contributed by atoms with van der Waals surface area (Å²) in [6, 6.07) is 12.7. The number of nitro benzene ring substituents is 1. The molecule has 0 spiro atoms. The maximum atomic E-state index is 11.9. The van der Waals surface area contributed by atoms with Crippen LogP contribution in [0.15, 0.2) is 61.2 Å². The van der Waals surface area contributed by atoms with Crippen molar-refractivity contribution in [1.82, 2.24) is 0 Å². The van der Waals surface area contributed by atoms with E-state index in [-0.39, 0.29) is 18.0 Å². The van der Waals surface area contributed by atoms with Gasteiger partial charge >= 0.3 is 5.69 Å². The number of para-hydroxylation sites is 2. The number of ether oxygens (including phenoxy) is 2. The van der Waals surface area contributed by atoms with E-state index in [0.717, 1.165) is 0 Å². The molecule has 0 aliphatic heterocycles. The van der Waals surface area contributed by atoms with Crippen LogP contribution in [0.25, 0.3) is 0 Å². The third kappa shape index (κ3) is 4.84. The van der Waals surface area contributed by atoms with Crippen molar-refractivity contribution < 1.29 is 19.2 Å². The van der Waals surface area contributed by atoms with Crippen LogP contribution in [0, 0.1) is 10.1 Å². The van der Waals surface area contributed by atoms with E-state index in [4.69, 9.17) is 9.47 Å². The molecule has 0 unspecified atom stereocenters. The van der Waals surface area contributed by atoms with Gasteiger partial charge < -0.3 is 14.8 Å². The number of anilines is 1. The number of amides is 1. The first-order valence-corrected chi connectivity index (χ1v) is 7.10. The van der Waals surface area contributed by atoms with Gasteiger partial charge in [0.05, 0.1) is 4.92 Å². The van der Waals surface area contributed by atoms with Gasteiger partial charge in [-0.25, -0.2) is 0 Å². The van der Waals surface area contributed by atoms with Crippen LogP contribution in [0.3, 0.4) is 0 Å². The predicted octanol–water partition coefficient (Wildman–Crippen LogP) is 3.18. The number of carbonyl (C=O) groups is 1. The number of nitrogens with one attached hydrogen (secondary N) is 1. The Morgan fingerprint density at radius 1 is 1.17 bits per heavy atom. The zero-order valence-electron chi connectivity index (χ0n) is 12.8. The van der Waals surface area contributed by atoms with Crippen molar-refractivity contribution in [2.24, 2.45) is 0 Å². The predicted molar refractivity (Wildman–Crippen MR) is 89.4 cm³/mol. The average Bonchev–Trinajstić information content (AvgIpc) is 2.59. The number of carbonyl (C=O) groups excluding carboxylic acids is 1. The Balaban J connectivity index is 1.89. The lowest BCUT2D eigenvalue weighted by Gasteiger charge is -2.08. The normalized spacial score (nSPS) is 9.83. The number of benzene rings is 2. The summed E-state index contributed by atoms with van der Waals surface area (Å²) in [4.78, 5) is 22.2. The second kappa shape index (κ2) is 8.33. The summed E-state index contributed by atoms with van der Waals surface area (Å²) in [6.45, 7) is 3.62. The van der Waals surface area contributed by atoms with Gasteiger partial charge in [0.25, 0.3) is 5.91 Å². The Morgan fingerprint density at radius 3 is 2.54 bits per heavy atom. The molecule has 0 aliphatic rings. The van der Waals surface area contributed by atoms with Crippen molar-refractivity contribution >= 4 is 17.3 Å². The van der Waals surface area contributed by atoms with E-state index in [0.29, 0.717) is 18.0 Å². The molecule has 0 radical (unpaired) electrons. The van der Waals surface area contributed by atoms with Crippen molar-refractivity contribution in [2.45, 2.75) is 0 Å². The number of nitro groups is 1. The fourth-order valence-corrected chi connectivity index (χ4v) is 1.86. The standard InChI is InChI=1S/C17H16N2O5/c1-2-11-23-14-9-7-13(8-10-14)18-17(20)12-24-16-6-4-3-5-15(16)19(21)22/h2-10H,1,11-12H2,(H,18,20). The van der Waals surface area contributed by atoms with Crippen LogP contribution in [0.5, 0.6) is 11.5 Å². The fourth-order valence-electron chi connectivity index (χ4n) is 1.86. The zero-order valence-corrected chi connectivity index (χ0v) is 12.8. The second-order valence-electron chi connectivity index (χ2n) is 4.69. The summed E-state index contributed by atoms with van der Waals surface area (Å²) in [7, 11) is 0. The third-order valence-corrected chi connectivity index (χ3v) is 2.93. The molecule has 24 heavy (non-hydrogen) atoms. The van der Waals surface area contributed by atoms with E-state index in [1.165, 1.54) is 18.2 Å². The highest BCUT2D eigenvalue weighted by Crippen LogP contribution is 2.25. The molecular formula is C17H16N2O5. The molecule has 0 aliphatic carbocycles. The third-order valence-electron chi connectivity index (χ3n) is 2.93. The minimum absolute atomic E-state index is 0.0471. The molecule has 2 aromatic carbocycles. The zero-order chi connectivity index (χ0) is 17.4. The fraction of sp³-hybridized carbons (Fsp3) is 0.118. The smallest absolute Gasteiger partial charge is 0.310 e. The molecule has 0 saturated carbocycles. The van der Waals surface area contributed by atoms with Crippen LogP contribution in [-0.2, 0) is 4.79 Å². The Kier molecular flexibility index (Phi) is 5.90. The highest BCUT2D eigenvalue weighted by Gasteiger charge is 2.14. The Morgan fingerprint density at radius 2 is 1.88 bits per heavy atom. The van der Waals surface area contributed by atoms with Gasteiger partial charge in [0.1, 0.15) is 12.4 Å². The quantitative estimate of drug-likeness (QED) is 0.456. The summed E-state index contributed by atoms with van der Waals surface area (Å²) in [6.07, 6.45) is 1.63. The van der Waals surface area contributed by atoms with E-state index in [2.05, 4.69) is 11.9 Å². The largest absolute Gasteiger partial charge is 0.490 e. The van der Waals surface area contributed by atoms with Gasteiger partial charge in [-0.1, -0.05) is 24.8 Å². The summed E-state index contributed by atoms with van der Waals surface area (Å²) in [5, 5.41) is 13.5. The molecule has 0 heterocycles. The molecule has 1 amide bonds. The first-order valence-electron chi connectivity index (χ1n) is 7.10. The van der Waals surface area contributed by atoms with E-state index < -0.39 is 10.8 Å². The van der Waals surface area contributed by atoms with Crippen LogP contribution in [-0.4, -0.2) is 24.0 Å². The lowest BCUT2D eigenvalue weighted by Crippen LogP contribution is -2.20. The lowest BCUT2D eigenvalue weighted by molar-refractivity contribution is -0.385. The van der Waals surface area contributed by atoms with Crippen molar-refractivity contribution in [3.63, 3.8) is 0 Å². The first-order chi connectivity index (χ1) is 11.6. The highest BCUT2D eigenvalue weighted by molar-refractivity contribution is 5.91. The Bertz CT molecular complexity index is 728. The molecule has 0 fully saturated rings. The van der Waals surface area contributed by atoms with E-state index in [1.807, 2.05) is 0 Å². The van der Waals surface area contributed by atoms with E-state index in [9.17, 15) is 14.9 Å². The number of rotatable bonds is 8. The first kappa shape index (κ1) is 17.0. The Labute approximate surface area is 138 Å².